The summed E-state index contributed by atoms with van der Waals surface area (Å²) >= 11 is 0. The third-order valence-electron chi connectivity index (χ3n) is 5.67. The number of aliphatic carboxylic acids is 2. The molecule has 0 aromatic rings. The molecule has 0 fully saturated rings. The molecule has 15 nitrogen and oxygen atoms in total. The molecule has 0 bridgehead atoms. The van der Waals surface area contributed by atoms with Gasteiger partial charge in [0, 0.05) is 6.54 Å². The first-order valence-electron chi connectivity index (χ1n) is 12.2. The van der Waals surface area contributed by atoms with E-state index in [-0.39, 0.29) is 25.3 Å². The van der Waals surface area contributed by atoms with Crippen LogP contribution in [0.3, 0.4) is 0 Å². The molecule has 0 radical (unpaired) electrons. The molecule has 0 rings (SSSR count). The van der Waals surface area contributed by atoms with Crippen LogP contribution in [-0.4, -0.2) is 83.1 Å². The predicted octanol–water partition coefficient (Wildman–Crippen LogP) is -2.44. The number of hydrogen-bond acceptors (Lipinski definition) is 8. The Bertz CT molecular complexity index is 804. The third kappa shape index (κ3) is 14.0. The van der Waals surface area contributed by atoms with Crippen molar-refractivity contribution in [1.82, 2.24) is 16.0 Å². The fourth-order valence-corrected chi connectivity index (χ4v) is 3.28. The lowest BCUT2D eigenvalue weighted by Gasteiger charge is -2.27. The Labute approximate surface area is 216 Å². The summed E-state index contributed by atoms with van der Waals surface area (Å²) in [6.45, 7) is 4.02. The van der Waals surface area contributed by atoms with E-state index in [1.807, 2.05) is 0 Å². The van der Waals surface area contributed by atoms with Crippen LogP contribution in [0.2, 0.25) is 0 Å². The Hall–Kier alpha value is -3.46. The summed E-state index contributed by atoms with van der Waals surface area (Å²) in [5.41, 5.74) is 21.7. The lowest BCUT2D eigenvalue weighted by Crippen LogP contribution is -2.59. The standard InChI is InChI=1S/C22H42N8O7/c1-3-12(2)17(20(35)28-14(21(36)37)8-6-10-27-22(25)26)30-19(34)15(11-16(31)32)29-18(33)13(24)7-4-5-9-23/h12-15,17H,3-11,23-24H2,1-2H3,(H,28,35)(H,29,33)(H,30,34)(H,31,32)(H,36,37)(H4,25,26,27). The molecule has 212 valence electrons. The van der Waals surface area contributed by atoms with E-state index in [4.69, 9.17) is 22.9 Å². The van der Waals surface area contributed by atoms with Gasteiger partial charge in [0.1, 0.15) is 18.1 Å². The molecule has 0 aliphatic rings. The molecule has 0 aromatic carbocycles. The second-order valence-electron chi connectivity index (χ2n) is 8.77. The predicted molar refractivity (Wildman–Crippen MR) is 136 cm³/mol. The first kappa shape index (κ1) is 33.5. The maximum atomic E-state index is 13.0. The van der Waals surface area contributed by atoms with Gasteiger partial charge in [-0.05, 0) is 38.1 Å². The zero-order valence-electron chi connectivity index (χ0n) is 21.4. The van der Waals surface area contributed by atoms with E-state index >= 15 is 0 Å². The third-order valence-corrected chi connectivity index (χ3v) is 5.67. The van der Waals surface area contributed by atoms with E-state index in [0.29, 0.717) is 32.2 Å². The van der Waals surface area contributed by atoms with E-state index in [2.05, 4.69) is 20.9 Å². The van der Waals surface area contributed by atoms with Crippen LogP contribution in [0.1, 0.15) is 58.8 Å². The van der Waals surface area contributed by atoms with Crippen molar-refractivity contribution >= 4 is 35.6 Å². The lowest BCUT2D eigenvalue weighted by molar-refractivity contribution is -0.143. The minimum atomic E-state index is -1.50. The average molecular weight is 531 g/mol. The minimum Gasteiger partial charge on any atom is -0.481 e. The highest BCUT2D eigenvalue weighted by Crippen LogP contribution is 2.11. The summed E-state index contributed by atoms with van der Waals surface area (Å²) in [5, 5.41) is 25.9. The highest BCUT2D eigenvalue weighted by molar-refractivity contribution is 5.95. The molecule has 0 saturated heterocycles. The Balaban J connectivity index is 5.47. The normalized spacial score (nSPS) is 14.8. The van der Waals surface area contributed by atoms with Crippen LogP contribution in [0, 0.1) is 5.92 Å². The van der Waals surface area contributed by atoms with Crippen molar-refractivity contribution in [1.29, 1.82) is 0 Å². The number of nitrogens with one attached hydrogen (secondary N) is 3. The Morgan fingerprint density at radius 1 is 0.865 bits per heavy atom. The van der Waals surface area contributed by atoms with Gasteiger partial charge in [0.25, 0.3) is 0 Å². The van der Waals surface area contributed by atoms with Crippen LogP contribution >= 0.6 is 0 Å². The molecule has 0 aromatic heterocycles. The van der Waals surface area contributed by atoms with Gasteiger partial charge in [-0.2, -0.15) is 0 Å². The summed E-state index contributed by atoms with van der Waals surface area (Å²) in [5.74, 6) is -5.62. The van der Waals surface area contributed by atoms with Gasteiger partial charge in [-0.1, -0.05) is 26.7 Å². The molecule has 0 spiro atoms. The van der Waals surface area contributed by atoms with Gasteiger partial charge in [-0.3, -0.25) is 24.2 Å². The summed E-state index contributed by atoms with van der Waals surface area (Å²) < 4.78 is 0. The molecule has 0 heterocycles. The van der Waals surface area contributed by atoms with Gasteiger partial charge in [0.15, 0.2) is 5.96 Å². The zero-order valence-corrected chi connectivity index (χ0v) is 21.4. The summed E-state index contributed by atoms with van der Waals surface area (Å²) in [7, 11) is 0. The number of carbonyl (C=O) groups is 5. The number of guanidine groups is 1. The molecule has 5 unspecified atom stereocenters. The van der Waals surface area contributed by atoms with Crippen molar-refractivity contribution in [3.05, 3.63) is 0 Å². The Kier molecular flexibility index (Phi) is 16.2. The van der Waals surface area contributed by atoms with Crippen LogP contribution in [0.15, 0.2) is 4.99 Å². The number of rotatable bonds is 19. The average Bonchev–Trinajstić information content (AvgIpc) is 2.82. The summed E-state index contributed by atoms with van der Waals surface area (Å²) in [6.07, 6.45) is 1.51. The minimum absolute atomic E-state index is 0.0266. The number of amides is 3. The molecular weight excluding hydrogens is 488 g/mol. The van der Waals surface area contributed by atoms with Gasteiger partial charge >= 0.3 is 11.9 Å². The smallest absolute Gasteiger partial charge is 0.326 e. The first-order valence-corrected chi connectivity index (χ1v) is 12.2. The zero-order chi connectivity index (χ0) is 28.5. The number of nitrogens with two attached hydrogens (primary N) is 4. The van der Waals surface area contributed by atoms with E-state index in [0.717, 1.165) is 0 Å². The Morgan fingerprint density at radius 2 is 1.49 bits per heavy atom. The van der Waals surface area contributed by atoms with Crippen molar-refractivity contribution < 1.29 is 34.2 Å². The summed E-state index contributed by atoms with van der Waals surface area (Å²) in [4.78, 5) is 65.1. The molecule has 3 amide bonds. The highest BCUT2D eigenvalue weighted by Gasteiger charge is 2.33. The molecule has 0 aliphatic heterocycles. The van der Waals surface area contributed by atoms with Crippen LogP contribution in [0.25, 0.3) is 0 Å². The van der Waals surface area contributed by atoms with E-state index in [9.17, 15) is 34.2 Å². The number of aliphatic imine (C=N–C) groups is 1. The summed E-state index contributed by atoms with van der Waals surface area (Å²) in [6, 6.07) is -4.94. The molecule has 0 aliphatic carbocycles. The van der Waals surface area contributed by atoms with Gasteiger partial charge < -0.3 is 49.1 Å². The van der Waals surface area contributed by atoms with Crippen LogP contribution in [0.4, 0.5) is 0 Å². The number of hydrogen-bond donors (Lipinski definition) is 9. The van der Waals surface area contributed by atoms with Gasteiger partial charge in [0.05, 0.1) is 12.5 Å². The molecular formula is C22H42N8O7. The molecule has 5 atom stereocenters. The highest BCUT2D eigenvalue weighted by atomic mass is 16.4. The first-order chi connectivity index (χ1) is 17.3. The SMILES string of the molecule is CCC(C)C(NC(=O)C(CC(=O)O)NC(=O)C(N)CCCCN)C(=O)NC(CCCN=C(N)N)C(=O)O. The topological polar surface area (TPSA) is 278 Å². The van der Waals surface area contributed by atoms with Crippen LogP contribution < -0.4 is 38.9 Å². The van der Waals surface area contributed by atoms with Crippen molar-refractivity contribution in [3.63, 3.8) is 0 Å². The van der Waals surface area contributed by atoms with Gasteiger partial charge in [-0.15, -0.1) is 0 Å². The molecule has 0 saturated carbocycles. The monoisotopic (exact) mass is 530 g/mol. The number of unbranched alkanes of at least 4 members (excludes halogenated alkanes) is 1. The van der Waals surface area contributed by atoms with E-state index in [1.165, 1.54) is 0 Å². The Morgan fingerprint density at radius 3 is 2.00 bits per heavy atom. The van der Waals surface area contributed by atoms with Crippen molar-refractivity contribution in [2.45, 2.75) is 83.0 Å². The van der Waals surface area contributed by atoms with Crippen molar-refractivity contribution in [3.8, 4) is 0 Å². The van der Waals surface area contributed by atoms with E-state index < -0.39 is 66.2 Å². The van der Waals surface area contributed by atoms with Crippen LogP contribution in [0.5, 0.6) is 0 Å². The second kappa shape index (κ2) is 17.9. The van der Waals surface area contributed by atoms with Crippen LogP contribution in [-0.2, 0) is 24.0 Å². The maximum Gasteiger partial charge on any atom is 0.326 e. The molecule has 15 heteroatoms. The maximum absolute atomic E-state index is 13.0. The second-order valence-corrected chi connectivity index (χ2v) is 8.77. The van der Waals surface area contributed by atoms with Gasteiger partial charge in [0.2, 0.25) is 17.7 Å². The number of nitrogens with zero attached hydrogens (tertiary/aromatic N) is 1. The fraction of sp³-hybridized carbons (Fsp3) is 0.727. The number of carboxylic acids is 2. The largest absolute Gasteiger partial charge is 0.481 e. The van der Waals surface area contributed by atoms with Crippen molar-refractivity contribution in [2.75, 3.05) is 13.1 Å². The number of carbonyl (C=O) groups excluding carboxylic acids is 3. The molecule has 37 heavy (non-hydrogen) atoms. The lowest BCUT2D eigenvalue weighted by atomic mass is 9.97. The van der Waals surface area contributed by atoms with Crippen molar-refractivity contribution in [2.24, 2.45) is 33.8 Å². The van der Waals surface area contributed by atoms with Gasteiger partial charge in [-0.25, -0.2) is 4.79 Å². The number of carboxylic acid groups (broad SMARTS) is 2. The fourth-order valence-electron chi connectivity index (χ4n) is 3.28. The molecule has 13 N–H and O–H groups in total. The quantitative estimate of drug-likeness (QED) is 0.0480. The van der Waals surface area contributed by atoms with E-state index in [1.54, 1.807) is 13.8 Å².